The molecule has 1 unspecified atom stereocenters. The minimum absolute atomic E-state index is 0.473. The Labute approximate surface area is 94.1 Å². The molecule has 1 aromatic rings. The molecule has 16 heavy (non-hydrogen) atoms. The van der Waals surface area contributed by atoms with Crippen molar-refractivity contribution < 1.29 is 14.1 Å². The first-order chi connectivity index (χ1) is 7.65. The lowest BCUT2D eigenvalue weighted by molar-refractivity contribution is -0.121. The van der Waals surface area contributed by atoms with Gasteiger partial charge in [0.2, 0.25) is 5.91 Å². The largest absolute Gasteiger partial charge is 0.479 e. The summed E-state index contributed by atoms with van der Waals surface area (Å²) in [5.41, 5.74) is 6.01. The summed E-state index contributed by atoms with van der Waals surface area (Å²) in [6.45, 7) is 2.63. The summed E-state index contributed by atoms with van der Waals surface area (Å²) in [7, 11) is -0.653. The monoisotopic (exact) mass is 220 g/mol. The summed E-state index contributed by atoms with van der Waals surface area (Å²) in [6.07, 6.45) is 1.62. The molecule has 0 aliphatic carbocycles. The van der Waals surface area contributed by atoms with E-state index < -0.39 is 18.3 Å². The highest BCUT2D eigenvalue weighted by Gasteiger charge is 2.51. The van der Waals surface area contributed by atoms with E-state index in [2.05, 4.69) is 4.98 Å². The first kappa shape index (κ1) is 11.1. The minimum Gasteiger partial charge on any atom is -0.408 e. The minimum atomic E-state index is -1.04. The van der Waals surface area contributed by atoms with Crippen LogP contribution in [0, 0.1) is 0 Å². The molecule has 0 spiro atoms. The van der Waals surface area contributed by atoms with Crippen molar-refractivity contribution in [3.05, 3.63) is 30.1 Å². The fourth-order valence-corrected chi connectivity index (χ4v) is 1.72. The lowest BCUT2D eigenvalue weighted by Gasteiger charge is -2.26. The van der Waals surface area contributed by atoms with Gasteiger partial charge in [-0.3, -0.25) is 9.78 Å². The van der Waals surface area contributed by atoms with Gasteiger partial charge in [-0.05, 0) is 19.1 Å². The zero-order chi connectivity index (χ0) is 11.6. The van der Waals surface area contributed by atoms with Crippen LogP contribution >= 0.6 is 0 Å². The van der Waals surface area contributed by atoms with Crippen LogP contribution in [-0.4, -0.2) is 31.2 Å². The van der Waals surface area contributed by atoms with Crippen molar-refractivity contribution in [3.63, 3.8) is 0 Å². The number of carbonyl (C=O) groups is 1. The number of aromatic nitrogens is 1. The maximum Gasteiger partial charge on any atom is 0.479 e. The molecule has 0 radical (unpaired) electrons. The van der Waals surface area contributed by atoms with Gasteiger partial charge < -0.3 is 15.0 Å². The number of rotatable bonds is 3. The number of amides is 1. The second-order valence-electron chi connectivity index (χ2n) is 3.86. The summed E-state index contributed by atoms with van der Waals surface area (Å²) >= 11 is 0. The van der Waals surface area contributed by atoms with Gasteiger partial charge in [-0.1, -0.05) is 6.07 Å². The Bertz CT molecular complexity index is 381. The molecule has 0 bridgehead atoms. The average Bonchev–Trinajstić information content (AvgIpc) is 2.82. The van der Waals surface area contributed by atoms with Crippen LogP contribution in [0.5, 0.6) is 0 Å². The van der Waals surface area contributed by atoms with Gasteiger partial charge in [0, 0.05) is 6.20 Å². The Morgan fingerprint density at radius 2 is 2.19 bits per heavy atom. The number of hydrogen-bond acceptors (Lipinski definition) is 4. The average molecular weight is 220 g/mol. The van der Waals surface area contributed by atoms with E-state index in [0.29, 0.717) is 18.9 Å². The number of pyridine rings is 1. The van der Waals surface area contributed by atoms with Crippen molar-refractivity contribution in [2.24, 2.45) is 5.73 Å². The molecular formula is C10H13BN2O3. The van der Waals surface area contributed by atoms with E-state index in [0.717, 1.165) is 0 Å². The zero-order valence-electron chi connectivity index (χ0n) is 9.05. The number of carbonyl (C=O) groups excluding carboxylic acids is 1. The van der Waals surface area contributed by atoms with Gasteiger partial charge in [-0.15, -0.1) is 0 Å². The van der Waals surface area contributed by atoms with Crippen LogP contribution in [0.4, 0.5) is 0 Å². The molecule has 1 fully saturated rings. The summed E-state index contributed by atoms with van der Waals surface area (Å²) in [5, 5.41) is -1.04. The summed E-state index contributed by atoms with van der Waals surface area (Å²) in [5.74, 6) is -0.502. The van der Waals surface area contributed by atoms with Gasteiger partial charge in [0.1, 0.15) is 5.31 Å². The highest BCUT2D eigenvalue weighted by molar-refractivity contribution is 6.55. The molecule has 1 saturated heterocycles. The van der Waals surface area contributed by atoms with Crippen molar-refractivity contribution in [2.45, 2.75) is 12.2 Å². The molecular weight excluding hydrogens is 207 g/mol. The number of primary amides is 1. The van der Waals surface area contributed by atoms with Crippen LogP contribution in [0.25, 0.3) is 0 Å². The third-order valence-electron chi connectivity index (χ3n) is 2.80. The van der Waals surface area contributed by atoms with Crippen molar-refractivity contribution in [2.75, 3.05) is 13.2 Å². The maximum absolute atomic E-state index is 11.6. The standard InChI is InChI=1S/C10H13BN2O3/c1-10(9(12)14,11-15-6-7-16-11)8-4-2-3-5-13-8/h2-5H,6-7H2,1H3,(H2,12,14). The summed E-state index contributed by atoms with van der Waals surface area (Å²) < 4.78 is 10.7. The Kier molecular flexibility index (Phi) is 2.94. The fraction of sp³-hybridized carbons (Fsp3) is 0.400. The molecule has 1 atom stereocenters. The third-order valence-corrected chi connectivity index (χ3v) is 2.80. The highest BCUT2D eigenvalue weighted by atomic mass is 16.6. The zero-order valence-corrected chi connectivity index (χ0v) is 9.05. The number of nitrogens with zero attached hydrogens (tertiary/aromatic N) is 1. The number of nitrogens with two attached hydrogens (primary N) is 1. The van der Waals surface area contributed by atoms with Crippen LogP contribution in [0.3, 0.4) is 0 Å². The van der Waals surface area contributed by atoms with Crippen LogP contribution in [0.1, 0.15) is 12.6 Å². The van der Waals surface area contributed by atoms with Crippen molar-refractivity contribution >= 4 is 13.0 Å². The predicted octanol–water partition coefficient (Wildman–Crippen LogP) is -0.101. The molecule has 1 aliphatic heterocycles. The molecule has 1 aliphatic rings. The van der Waals surface area contributed by atoms with Crippen molar-refractivity contribution in [1.82, 2.24) is 4.98 Å². The second-order valence-corrected chi connectivity index (χ2v) is 3.86. The molecule has 0 saturated carbocycles. The van der Waals surface area contributed by atoms with E-state index in [1.54, 1.807) is 31.3 Å². The Balaban J connectivity index is 2.39. The fourth-order valence-electron chi connectivity index (χ4n) is 1.72. The van der Waals surface area contributed by atoms with E-state index in [-0.39, 0.29) is 0 Å². The quantitative estimate of drug-likeness (QED) is 0.721. The van der Waals surface area contributed by atoms with Crippen LogP contribution < -0.4 is 5.73 Å². The summed E-state index contributed by atoms with van der Waals surface area (Å²) in [6, 6.07) is 5.33. The van der Waals surface area contributed by atoms with E-state index in [1.165, 1.54) is 0 Å². The molecule has 0 aromatic carbocycles. The van der Waals surface area contributed by atoms with Crippen molar-refractivity contribution in [3.8, 4) is 0 Å². The second kappa shape index (κ2) is 4.23. The predicted molar refractivity (Wildman–Crippen MR) is 58.4 cm³/mol. The molecule has 2 rings (SSSR count). The molecule has 5 nitrogen and oxygen atoms in total. The van der Waals surface area contributed by atoms with Crippen LogP contribution in [0.15, 0.2) is 24.4 Å². The van der Waals surface area contributed by atoms with Gasteiger partial charge in [0.25, 0.3) is 0 Å². The summed E-state index contributed by atoms with van der Waals surface area (Å²) in [4.78, 5) is 15.8. The number of hydrogen-bond donors (Lipinski definition) is 1. The van der Waals surface area contributed by atoms with Gasteiger partial charge >= 0.3 is 7.12 Å². The highest BCUT2D eigenvalue weighted by Crippen LogP contribution is 2.27. The molecule has 6 heteroatoms. The van der Waals surface area contributed by atoms with Crippen molar-refractivity contribution in [1.29, 1.82) is 0 Å². The van der Waals surface area contributed by atoms with Crippen LogP contribution in [0.2, 0.25) is 0 Å². The van der Waals surface area contributed by atoms with Gasteiger partial charge in [0.15, 0.2) is 0 Å². The van der Waals surface area contributed by atoms with Gasteiger partial charge in [-0.25, -0.2) is 0 Å². The Morgan fingerprint density at radius 3 is 2.69 bits per heavy atom. The maximum atomic E-state index is 11.6. The van der Waals surface area contributed by atoms with E-state index in [1.807, 2.05) is 0 Å². The first-order valence-electron chi connectivity index (χ1n) is 5.10. The first-order valence-corrected chi connectivity index (χ1v) is 5.10. The van der Waals surface area contributed by atoms with E-state index in [4.69, 9.17) is 15.0 Å². The van der Waals surface area contributed by atoms with Crippen LogP contribution in [-0.2, 0) is 19.4 Å². The smallest absolute Gasteiger partial charge is 0.408 e. The third kappa shape index (κ3) is 1.70. The Hall–Kier alpha value is -1.40. The molecule has 1 aromatic heterocycles. The Morgan fingerprint density at radius 1 is 1.50 bits per heavy atom. The molecule has 2 N–H and O–H groups in total. The SMILES string of the molecule is CC(B1OCCO1)(C(N)=O)c1ccccn1. The van der Waals surface area contributed by atoms with Gasteiger partial charge in [0.05, 0.1) is 18.9 Å². The normalized spacial score (nSPS) is 19.4. The lowest BCUT2D eigenvalue weighted by atomic mass is 9.56. The lowest BCUT2D eigenvalue weighted by Crippen LogP contribution is -2.52. The molecule has 2 heterocycles. The van der Waals surface area contributed by atoms with E-state index >= 15 is 0 Å². The molecule has 1 amide bonds. The topological polar surface area (TPSA) is 74.4 Å². The molecule has 84 valence electrons. The van der Waals surface area contributed by atoms with E-state index in [9.17, 15) is 4.79 Å². The van der Waals surface area contributed by atoms with Gasteiger partial charge in [-0.2, -0.15) is 0 Å².